The summed E-state index contributed by atoms with van der Waals surface area (Å²) in [4.78, 5) is 24.8. The normalized spacial score (nSPS) is 34.1. The molecule has 2 aliphatic carbocycles. The van der Waals surface area contributed by atoms with Crippen LogP contribution in [0.15, 0.2) is 30.3 Å². The molecule has 1 aromatic rings. The molecule has 0 aromatic heterocycles. The van der Waals surface area contributed by atoms with Crippen molar-refractivity contribution in [3.63, 3.8) is 0 Å². The van der Waals surface area contributed by atoms with E-state index in [1.165, 1.54) is 12.5 Å². The summed E-state index contributed by atoms with van der Waals surface area (Å²) in [6.07, 6.45) is 4.07. The molecule has 0 heterocycles. The van der Waals surface area contributed by atoms with E-state index in [2.05, 4.69) is 67.6 Å². The SMILES string of the molecule is CC(=O)O[C@H]1C[C@](N)(C(=O)O[C@@H]2C[C@H](C)CC[C@H]2C(C)(C)c2ccccc2)CC[C@@H]1I. The summed E-state index contributed by atoms with van der Waals surface area (Å²) < 4.78 is 11.8. The Morgan fingerprint density at radius 2 is 1.77 bits per heavy atom. The summed E-state index contributed by atoms with van der Waals surface area (Å²) in [7, 11) is 0. The van der Waals surface area contributed by atoms with Crippen LogP contribution in [0.1, 0.15) is 71.8 Å². The number of hydrogen-bond acceptors (Lipinski definition) is 5. The zero-order valence-electron chi connectivity index (χ0n) is 19.1. The number of benzene rings is 1. The van der Waals surface area contributed by atoms with Gasteiger partial charge in [0.15, 0.2) is 0 Å². The van der Waals surface area contributed by atoms with Gasteiger partial charge in [-0.25, -0.2) is 0 Å². The van der Waals surface area contributed by atoms with Crippen molar-refractivity contribution < 1.29 is 19.1 Å². The molecule has 2 N–H and O–H groups in total. The number of halogens is 1. The number of nitrogens with two attached hydrogens (primary N) is 1. The quantitative estimate of drug-likeness (QED) is 0.325. The Morgan fingerprint density at radius 1 is 1.10 bits per heavy atom. The third-order valence-corrected chi connectivity index (χ3v) is 8.74. The highest BCUT2D eigenvalue weighted by molar-refractivity contribution is 14.1. The fourth-order valence-electron chi connectivity index (χ4n) is 5.31. The number of alkyl halides is 1. The Bertz CT molecular complexity index is 783. The van der Waals surface area contributed by atoms with Gasteiger partial charge in [-0.3, -0.25) is 9.59 Å². The van der Waals surface area contributed by atoms with Gasteiger partial charge >= 0.3 is 11.9 Å². The van der Waals surface area contributed by atoms with Crippen molar-refractivity contribution in [1.29, 1.82) is 0 Å². The second-order valence-corrected chi connectivity index (χ2v) is 11.7. The number of ether oxygens (including phenoxy) is 2. The summed E-state index contributed by atoms with van der Waals surface area (Å²) in [5.74, 6) is 0.0491. The van der Waals surface area contributed by atoms with Gasteiger partial charge in [-0.15, -0.1) is 0 Å². The van der Waals surface area contributed by atoms with Crippen LogP contribution in [0.25, 0.3) is 0 Å². The van der Waals surface area contributed by atoms with E-state index < -0.39 is 5.54 Å². The molecule has 6 heteroatoms. The van der Waals surface area contributed by atoms with Crippen LogP contribution in [0.3, 0.4) is 0 Å². The second-order valence-electron chi connectivity index (χ2n) is 10.1. The summed E-state index contributed by atoms with van der Waals surface area (Å²) in [5.41, 5.74) is 6.62. The van der Waals surface area contributed by atoms with Crippen LogP contribution >= 0.6 is 22.6 Å². The maximum atomic E-state index is 13.4. The average molecular weight is 541 g/mol. The zero-order valence-corrected chi connectivity index (χ0v) is 21.3. The lowest BCUT2D eigenvalue weighted by Gasteiger charge is -2.45. The molecule has 0 bridgehead atoms. The monoisotopic (exact) mass is 541 g/mol. The van der Waals surface area contributed by atoms with Crippen LogP contribution in [-0.4, -0.2) is 33.6 Å². The lowest BCUT2D eigenvalue weighted by Crippen LogP contribution is -2.58. The lowest BCUT2D eigenvalue weighted by atomic mass is 9.64. The molecule has 0 unspecified atom stereocenters. The minimum atomic E-state index is -1.11. The minimum absolute atomic E-state index is 0.117. The highest BCUT2D eigenvalue weighted by atomic mass is 127. The van der Waals surface area contributed by atoms with Crippen molar-refractivity contribution in [2.75, 3.05) is 0 Å². The summed E-state index contributed by atoms with van der Waals surface area (Å²) >= 11 is 2.29. The molecule has 172 valence electrons. The smallest absolute Gasteiger partial charge is 0.326 e. The maximum absolute atomic E-state index is 13.4. The first-order valence-corrected chi connectivity index (χ1v) is 12.6. The van der Waals surface area contributed by atoms with E-state index >= 15 is 0 Å². The summed E-state index contributed by atoms with van der Waals surface area (Å²) in [6.45, 7) is 8.12. The van der Waals surface area contributed by atoms with Gasteiger partial charge in [0.2, 0.25) is 0 Å². The van der Waals surface area contributed by atoms with Crippen molar-refractivity contribution in [2.45, 2.75) is 93.3 Å². The van der Waals surface area contributed by atoms with Gasteiger partial charge in [0.05, 0.1) is 0 Å². The third-order valence-electron chi connectivity index (χ3n) is 7.32. The molecule has 6 atom stereocenters. The van der Waals surface area contributed by atoms with E-state index in [0.29, 0.717) is 18.8 Å². The summed E-state index contributed by atoms with van der Waals surface area (Å²) in [6, 6.07) is 10.5. The minimum Gasteiger partial charge on any atom is -0.461 e. The predicted octanol–water partition coefficient (Wildman–Crippen LogP) is 4.93. The maximum Gasteiger partial charge on any atom is 0.326 e. The molecule has 5 nitrogen and oxygen atoms in total. The first-order chi connectivity index (χ1) is 14.5. The molecule has 0 saturated heterocycles. The highest BCUT2D eigenvalue weighted by Crippen LogP contribution is 2.44. The number of rotatable bonds is 5. The topological polar surface area (TPSA) is 78.6 Å². The molecule has 0 spiro atoms. The first-order valence-electron chi connectivity index (χ1n) is 11.4. The molecule has 2 fully saturated rings. The number of hydrogen-bond donors (Lipinski definition) is 1. The van der Waals surface area contributed by atoms with Crippen molar-refractivity contribution in [1.82, 2.24) is 0 Å². The van der Waals surface area contributed by atoms with E-state index in [1.807, 2.05) is 6.07 Å². The van der Waals surface area contributed by atoms with E-state index in [4.69, 9.17) is 15.2 Å². The predicted molar refractivity (Wildman–Crippen MR) is 130 cm³/mol. The van der Waals surface area contributed by atoms with Crippen molar-refractivity contribution in [3.05, 3.63) is 35.9 Å². The molecule has 1 aromatic carbocycles. The first kappa shape index (κ1) is 24.5. The molecule has 3 rings (SSSR count). The Kier molecular flexibility index (Phi) is 7.72. The molecule has 0 amide bonds. The standard InChI is InChI=1S/C25H36INO4/c1-16-10-11-19(24(3,4)18-8-6-5-7-9-18)21(14-16)31-23(29)25(27)13-12-20(26)22(15-25)30-17(2)28/h5-9,16,19-22H,10-15,27H2,1-4H3/t16-,19-,20+,21-,22+,25+/m1/s1. The summed E-state index contributed by atoms with van der Waals surface area (Å²) in [5, 5.41) is 0. The van der Waals surface area contributed by atoms with Gasteiger partial charge in [-0.1, -0.05) is 80.1 Å². The number of carbonyl (C=O) groups excluding carboxylic acids is 2. The molecule has 2 saturated carbocycles. The van der Waals surface area contributed by atoms with Crippen molar-refractivity contribution in [2.24, 2.45) is 17.6 Å². The van der Waals surface area contributed by atoms with Crippen LogP contribution in [0.4, 0.5) is 0 Å². The van der Waals surface area contributed by atoms with Crippen LogP contribution in [0.5, 0.6) is 0 Å². The van der Waals surface area contributed by atoms with Crippen LogP contribution in [0, 0.1) is 11.8 Å². The van der Waals surface area contributed by atoms with Gasteiger partial charge in [0, 0.05) is 23.2 Å². The fourth-order valence-corrected chi connectivity index (χ4v) is 6.02. The van der Waals surface area contributed by atoms with Gasteiger partial charge in [0.25, 0.3) is 0 Å². The highest BCUT2D eigenvalue weighted by Gasteiger charge is 2.48. The number of carbonyl (C=O) groups is 2. The molecular weight excluding hydrogens is 505 g/mol. The molecule has 0 aliphatic heterocycles. The van der Waals surface area contributed by atoms with Crippen LogP contribution in [-0.2, 0) is 24.5 Å². The van der Waals surface area contributed by atoms with Gasteiger partial charge in [-0.2, -0.15) is 0 Å². The number of esters is 2. The van der Waals surface area contributed by atoms with E-state index in [0.717, 1.165) is 25.7 Å². The third kappa shape index (κ3) is 5.62. The second kappa shape index (κ2) is 9.77. The van der Waals surface area contributed by atoms with Crippen LogP contribution < -0.4 is 5.73 Å². The largest absolute Gasteiger partial charge is 0.461 e. The Balaban J connectivity index is 1.78. The van der Waals surface area contributed by atoms with Crippen molar-refractivity contribution >= 4 is 34.5 Å². The van der Waals surface area contributed by atoms with Gasteiger partial charge in [0.1, 0.15) is 17.7 Å². The molecule has 2 aliphatic rings. The van der Waals surface area contributed by atoms with E-state index in [9.17, 15) is 9.59 Å². The molecule has 0 radical (unpaired) electrons. The van der Waals surface area contributed by atoms with E-state index in [-0.39, 0.29) is 39.4 Å². The molecular formula is C25H36INO4. The average Bonchev–Trinajstić information content (AvgIpc) is 2.71. The lowest BCUT2D eigenvalue weighted by molar-refractivity contribution is -0.168. The van der Waals surface area contributed by atoms with Gasteiger partial charge < -0.3 is 15.2 Å². The Hall–Kier alpha value is -1.15. The Morgan fingerprint density at radius 3 is 2.42 bits per heavy atom. The Labute approximate surface area is 200 Å². The van der Waals surface area contributed by atoms with Gasteiger partial charge in [-0.05, 0) is 42.6 Å². The molecule has 31 heavy (non-hydrogen) atoms. The van der Waals surface area contributed by atoms with E-state index in [1.54, 1.807) is 0 Å². The van der Waals surface area contributed by atoms with Crippen LogP contribution in [0.2, 0.25) is 0 Å². The zero-order chi connectivity index (χ0) is 22.8. The fraction of sp³-hybridized carbons (Fsp3) is 0.680. The van der Waals surface area contributed by atoms with Crippen molar-refractivity contribution in [3.8, 4) is 0 Å².